The number of hydrogen-bond acceptors (Lipinski definition) is 2. The van der Waals surface area contributed by atoms with Crippen LogP contribution in [0.1, 0.15) is 32.8 Å². The molecule has 0 fully saturated rings. The number of halogens is 1. The summed E-state index contributed by atoms with van der Waals surface area (Å²) in [5, 5.41) is 0.833. The van der Waals surface area contributed by atoms with Crippen LogP contribution in [-0.4, -0.2) is 13.2 Å². The van der Waals surface area contributed by atoms with Gasteiger partial charge in [0.1, 0.15) is 0 Å². The fraction of sp³-hybridized carbons (Fsp3) is 0.571. The van der Waals surface area contributed by atoms with Crippen molar-refractivity contribution in [1.82, 2.24) is 0 Å². The first-order chi connectivity index (χ1) is 8.17. The first-order valence-electron chi connectivity index (χ1n) is 6.11. The van der Waals surface area contributed by atoms with E-state index in [2.05, 4.69) is 35.8 Å². The Morgan fingerprint density at radius 1 is 1.18 bits per heavy atom. The van der Waals surface area contributed by atoms with Crippen molar-refractivity contribution in [1.29, 1.82) is 0 Å². The molecule has 0 aliphatic carbocycles. The van der Waals surface area contributed by atoms with Crippen molar-refractivity contribution in [2.24, 2.45) is 5.92 Å². The van der Waals surface area contributed by atoms with Crippen molar-refractivity contribution in [2.45, 2.75) is 32.5 Å². The Hall–Kier alpha value is -0.700. The number of alkyl halides is 1. The lowest BCUT2D eigenvalue weighted by molar-refractivity contribution is 0.261. The lowest BCUT2D eigenvalue weighted by Gasteiger charge is -2.13. The predicted octanol–water partition coefficient (Wildman–Crippen LogP) is 4.41. The molecule has 0 amide bonds. The Morgan fingerprint density at radius 2 is 1.94 bits per heavy atom. The zero-order chi connectivity index (χ0) is 12.7. The maximum atomic E-state index is 5.76. The van der Waals surface area contributed by atoms with Gasteiger partial charge < -0.3 is 9.47 Å². The van der Waals surface area contributed by atoms with Gasteiger partial charge in [0, 0.05) is 5.33 Å². The smallest absolute Gasteiger partial charge is 0.161 e. The molecule has 0 N–H and O–H groups in total. The fourth-order valence-electron chi connectivity index (χ4n) is 1.43. The Labute approximate surface area is 112 Å². The molecule has 0 aliphatic heterocycles. The van der Waals surface area contributed by atoms with Crippen molar-refractivity contribution in [3.8, 4) is 11.5 Å². The monoisotopic (exact) mass is 300 g/mol. The minimum absolute atomic E-state index is 0.659. The van der Waals surface area contributed by atoms with Crippen LogP contribution in [0, 0.1) is 5.92 Å². The number of benzene rings is 1. The fourth-order valence-corrected chi connectivity index (χ4v) is 1.78. The first-order valence-corrected chi connectivity index (χ1v) is 7.24. The molecule has 0 unspecified atom stereocenters. The predicted molar refractivity (Wildman–Crippen MR) is 75.2 cm³/mol. The SMILES string of the molecule is CCOc1cc(CBr)ccc1OCCC(C)C. The van der Waals surface area contributed by atoms with E-state index in [1.807, 2.05) is 19.1 Å². The molecule has 0 bridgehead atoms. The standard InChI is InChI=1S/C14H21BrO2/c1-4-16-14-9-12(10-15)5-6-13(14)17-8-7-11(2)3/h5-6,9,11H,4,7-8,10H2,1-3H3. The highest BCUT2D eigenvalue weighted by Gasteiger charge is 2.06. The first kappa shape index (κ1) is 14.4. The van der Waals surface area contributed by atoms with Crippen LogP contribution in [0.3, 0.4) is 0 Å². The molecule has 1 aromatic rings. The molecule has 2 nitrogen and oxygen atoms in total. The summed E-state index contributed by atoms with van der Waals surface area (Å²) < 4.78 is 11.4. The topological polar surface area (TPSA) is 18.5 Å². The van der Waals surface area contributed by atoms with E-state index >= 15 is 0 Å². The highest BCUT2D eigenvalue weighted by molar-refractivity contribution is 9.08. The minimum Gasteiger partial charge on any atom is -0.490 e. The van der Waals surface area contributed by atoms with E-state index in [0.717, 1.165) is 29.9 Å². The van der Waals surface area contributed by atoms with Crippen LogP contribution >= 0.6 is 15.9 Å². The van der Waals surface area contributed by atoms with Crippen LogP contribution < -0.4 is 9.47 Å². The summed E-state index contributed by atoms with van der Waals surface area (Å²) in [7, 11) is 0. The van der Waals surface area contributed by atoms with E-state index in [-0.39, 0.29) is 0 Å². The van der Waals surface area contributed by atoms with Crippen molar-refractivity contribution < 1.29 is 9.47 Å². The molecule has 3 heteroatoms. The van der Waals surface area contributed by atoms with Crippen LogP contribution in [0.25, 0.3) is 0 Å². The molecule has 0 aromatic heterocycles. The van der Waals surface area contributed by atoms with Gasteiger partial charge in [-0.2, -0.15) is 0 Å². The molecule has 0 spiro atoms. The molecular formula is C14H21BrO2. The molecule has 0 saturated carbocycles. The highest BCUT2D eigenvalue weighted by atomic mass is 79.9. The number of hydrogen-bond donors (Lipinski definition) is 0. The second-order valence-corrected chi connectivity index (χ2v) is 4.94. The quantitative estimate of drug-likeness (QED) is 0.695. The summed E-state index contributed by atoms with van der Waals surface area (Å²) in [6.45, 7) is 7.78. The molecule has 1 rings (SSSR count). The minimum atomic E-state index is 0.659. The van der Waals surface area contributed by atoms with Gasteiger partial charge in [-0.05, 0) is 37.0 Å². The van der Waals surface area contributed by atoms with Gasteiger partial charge in [0.05, 0.1) is 13.2 Å². The van der Waals surface area contributed by atoms with Crippen LogP contribution in [0.4, 0.5) is 0 Å². The Balaban J connectivity index is 2.68. The summed E-state index contributed by atoms with van der Waals surface area (Å²) in [6.07, 6.45) is 1.06. The average molecular weight is 301 g/mol. The molecule has 1 aromatic carbocycles. The molecule has 96 valence electrons. The maximum Gasteiger partial charge on any atom is 0.161 e. The van der Waals surface area contributed by atoms with E-state index < -0.39 is 0 Å². The van der Waals surface area contributed by atoms with Gasteiger partial charge in [0.15, 0.2) is 11.5 Å². The third kappa shape index (κ3) is 4.99. The molecule has 0 saturated heterocycles. The third-order valence-electron chi connectivity index (χ3n) is 2.42. The van der Waals surface area contributed by atoms with E-state index in [1.165, 1.54) is 5.56 Å². The largest absolute Gasteiger partial charge is 0.490 e. The van der Waals surface area contributed by atoms with E-state index in [4.69, 9.17) is 9.47 Å². The second kappa shape index (κ2) is 7.59. The number of ether oxygens (including phenoxy) is 2. The molecular weight excluding hydrogens is 280 g/mol. The summed E-state index contributed by atoms with van der Waals surface area (Å²) in [5.41, 5.74) is 1.20. The lowest BCUT2D eigenvalue weighted by Crippen LogP contribution is -2.03. The van der Waals surface area contributed by atoms with Crippen molar-refractivity contribution in [3.63, 3.8) is 0 Å². The van der Waals surface area contributed by atoms with Gasteiger partial charge in [0.25, 0.3) is 0 Å². The summed E-state index contributed by atoms with van der Waals surface area (Å²) >= 11 is 3.44. The summed E-state index contributed by atoms with van der Waals surface area (Å²) in [4.78, 5) is 0. The molecule has 17 heavy (non-hydrogen) atoms. The third-order valence-corrected chi connectivity index (χ3v) is 3.06. The Morgan fingerprint density at radius 3 is 2.53 bits per heavy atom. The van der Waals surface area contributed by atoms with E-state index in [1.54, 1.807) is 0 Å². The summed E-state index contributed by atoms with van der Waals surface area (Å²) in [5.74, 6) is 2.35. The van der Waals surface area contributed by atoms with E-state index in [0.29, 0.717) is 12.5 Å². The van der Waals surface area contributed by atoms with Crippen molar-refractivity contribution in [3.05, 3.63) is 23.8 Å². The van der Waals surface area contributed by atoms with Crippen LogP contribution in [0.15, 0.2) is 18.2 Å². The molecule has 0 atom stereocenters. The normalized spacial score (nSPS) is 10.6. The van der Waals surface area contributed by atoms with Crippen LogP contribution in [0.5, 0.6) is 11.5 Å². The van der Waals surface area contributed by atoms with Gasteiger partial charge in [-0.15, -0.1) is 0 Å². The van der Waals surface area contributed by atoms with Crippen LogP contribution in [0.2, 0.25) is 0 Å². The van der Waals surface area contributed by atoms with Crippen LogP contribution in [-0.2, 0) is 5.33 Å². The molecule has 0 aliphatic rings. The van der Waals surface area contributed by atoms with Crippen molar-refractivity contribution >= 4 is 15.9 Å². The van der Waals surface area contributed by atoms with Gasteiger partial charge in [-0.25, -0.2) is 0 Å². The zero-order valence-corrected chi connectivity index (χ0v) is 12.4. The molecule has 0 radical (unpaired) electrons. The molecule has 0 heterocycles. The zero-order valence-electron chi connectivity index (χ0n) is 10.8. The lowest BCUT2D eigenvalue weighted by atomic mass is 10.1. The van der Waals surface area contributed by atoms with E-state index in [9.17, 15) is 0 Å². The average Bonchev–Trinajstić information content (AvgIpc) is 2.31. The second-order valence-electron chi connectivity index (χ2n) is 4.38. The maximum absolute atomic E-state index is 5.76. The van der Waals surface area contributed by atoms with Gasteiger partial charge in [-0.3, -0.25) is 0 Å². The van der Waals surface area contributed by atoms with Gasteiger partial charge in [-0.1, -0.05) is 35.8 Å². The Bertz CT molecular complexity index is 337. The van der Waals surface area contributed by atoms with Crippen molar-refractivity contribution in [2.75, 3.05) is 13.2 Å². The number of rotatable bonds is 7. The highest BCUT2D eigenvalue weighted by Crippen LogP contribution is 2.29. The van der Waals surface area contributed by atoms with Gasteiger partial charge >= 0.3 is 0 Å². The Kier molecular flexibility index (Phi) is 6.41. The summed E-state index contributed by atoms with van der Waals surface area (Å²) in [6, 6.07) is 6.08. The van der Waals surface area contributed by atoms with Gasteiger partial charge in [0.2, 0.25) is 0 Å².